The molecule has 2 unspecified atom stereocenters. The monoisotopic (exact) mass is 808 g/mol. The number of carbonyl (C=O) groups excluding carboxylic acids is 3. The van der Waals surface area contributed by atoms with Crippen molar-refractivity contribution in [3.63, 3.8) is 0 Å². The number of ether oxygens (including phenoxy) is 2. The van der Waals surface area contributed by atoms with Crippen LogP contribution in [0.3, 0.4) is 0 Å². The van der Waals surface area contributed by atoms with Gasteiger partial charge in [-0.25, -0.2) is 9.97 Å². The normalized spacial score (nSPS) is 17.8. The molecule has 3 aromatic carbocycles. The van der Waals surface area contributed by atoms with E-state index in [1.165, 1.54) is 5.56 Å². The number of aryl methyl sites for hydroxylation is 2. The summed E-state index contributed by atoms with van der Waals surface area (Å²) in [5, 5.41) is 17.6. The van der Waals surface area contributed by atoms with Crippen molar-refractivity contribution in [2.75, 3.05) is 32.1 Å². The van der Waals surface area contributed by atoms with E-state index in [0.717, 1.165) is 117 Å². The van der Waals surface area contributed by atoms with Crippen LogP contribution in [-0.4, -0.2) is 86.2 Å². The van der Waals surface area contributed by atoms with Crippen LogP contribution in [0.1, 0.15) is 109 Å². The van der Waals surface area contributed by atoms with E-state index in [2.05, 4.69) is 52.7 Å². The fourth-order valence-corrected chi connectivity index (χ4v) is 9.34. The SMILES string of the molecule is CNc1cc(COc2c(-c3c(C)ccc4[nH]ncc34)c(C3CC3)cc3c(C)nc(C4CCOCC4)nc23)ccc1-c1cn(C(C(=O)N2CCCC2C=O)C(C)C)nc1C=O. The number of carbonyl (C=O) groups is 3. The first-order valence-electron chi connectivity index (χ1n) is 21.3. The third-order valence-corrected chi connectivity index (χ3v) is 12.7. The zero-order chi connectivity index (χ0) is 41.7. The number of likely N-dealkylation sites (tertiary alicyclic amines) is 1. The molecule has 5 heterocycles. The Kier molecular flexibility index (Phi) is 10.7. The minimum atomic E-state index is -0.671. The highest BCUT2D eigenvalue weighted by atomic mass is 16.5. The Morgan fingerprint density at radius 2 is 1.80 bits per heavy atom. The van der Waals surface area contributed by atoms with Crippen LogP contribution >= 0.6 is 0 Å². The number of nitrogens with one attached hydrogen (secondary N) is 2. The van der Waals surface area contributed by atoms with Crippen molar-refractivity contribution in [2.24, 2.45) is 5.92 Å². The second-order valence-corrected chi connectivity index (χ2v) is 17.0. The highest BCUT2D eigenvalue weighted by Gasteiger charge is 2.37. The Bertz CT molecular complexity index is 2620. The van der Waals surface area contributed by atoms with Crippen LogP contribution in [-0.2, 0) is 20.9 Å². The van der Waals surface area contributed by atoms with Gasteiger partial charge in [-0.05, 0) is 105 Å². The zero-order valence-corrected chi connectivity index (χ0v) is 35.0. The predicted molar refractivity (Wildman–Crippen MR) is 230 cm³/mol. The minimum absolute atomic E-state index is 0.133. The first-order valence-corrected chi connectivity index (χ1v) is 21.3. The molecule has 9 rings (SSSR count). The molecule has 1 amide bonds. The molecule has 0 radical (unpaired) electrons. The van der Waals surface area contributed by atoms with E-state index in [0.29, 0.717) is 37.7 Å². The third-order valence-electron chi connectivity index (χ3n) is 12.7. The summed E-state index contributed by atoms with van der Waals surface area (Å²) in [5.41, 5.74) is 10.5. The quantitative estimate of drug-likeness (QED) is 0.109. The molecule has 3 fully saturated rings. The van der Waals surface area contributed by atoms with Gasteiger partial charge in [-0.15, -0.1) is 0 Å². The predicted octanol–water partition coefficient (Wildman–Crippen LogP) is 8.25. The number of hydrogen-bond donors (Lipinski definition) is 2. The summed E-state index contributed by atoms with van der Waals surface area (Å²) < 4.78 is 14.4. The van der Waals surface area contributed by atoms with Gasteiger partial charge in [0.25, 0.3) is 0 Å². The van der Waals surface area contributed by atoms with Gasteiger partial charge in [0, 0.05) is 77.8 Å². The summed E-state index contributed by atoms with van der Waals surface area (Å²) in [6.07, 6.45) is 10.7. The smallest absolute Gasteiger partial charge is 0.248 e. The number of aldehydes is 2. The lowest BCUT2D eigenvalue weighted by molar-refractivity contribution is -0.139. The van der Waals surface area contributed by atoms with E-state index in [1.54, 1.807) is 15.8 Å². The summed E-state index contributed by atoms with van der Waals surface area (Å²) >= 11 is 0. The average molecular weight is 809 g/mol. The Hall–Kier alpha value is -5.95. The van der Waals surface area contributed by atoms with Gasteiger partial charge in [-0.1, -0.05) is 32.0 Å². The first-order chi connectivity index (χ1) is 29.2. The standard InChI is InChI=1S/C47H52N8O5/c1-26(2)44(47(58)54-16-6-7-32(54)23-56)55-22-37(40(24-57)53-55)33-12-9-29(19-39(33)48-5)25-60-45-42(41-27(3)8-13-38-36(41)21-49-52-38)35(30-10-11-30)20-34-28(4)50-46(51-43(34)45)31-14-17-59-18-15-31/h8-9,12-13,19-24,26,30-32,44,48H,6-7,10-11,14-18,25H2,1-5H3,(H,49,52). The van der Waals surface area contributed by atoms with Crippen molar-refractivity contribution in [3.8, 4) is 28.0 Å². The van der Waals surface area contributed by atoms with E-state index in [-0.39, 0.29) is 30.0 Å². The van der Waals surface area contributed by atoms with E-state index in [4.69, 9.17) is 19.4 Å². The molecule has 1 aliphatic carbocycles. The van der Waals surface area contributed by atoms with Gasteiger partial charge in [-0.2, -0.15) is 10.2 Å². The maximum atomic E-state index is 13.9. The maximum absolute atomic E-state index is 13.9. The second-order valence-electron chi connectivity index (χ2n) is 17.0. The number of H-pyrrole nitrogens is 1. The van der Waals surface area contributed by atoms with Crippen LogP contribution in [0.4, 0.5) is 5.69 Å². The topological polar surface area (TPSA) is 157 Å². The molecule has 3 aliphatic rings. The molecule has 310 valence electrons. The lowest BCUT2D eigenvalue weighted by Gasteiger charge is -2.28. The van der Waals surface area contributed by atoms with Gasteiger partial charge >= 0.3 is 0 Å². The number of nitrogens with zero attached hydrogens (tertiary/aromatic N) is 6. The van der Waals surface area contributed by atoms with E-state index < -0.39 is 12.1 Å². The number of benzene rings is 3. The van der Waals surface area contributed by atoms with Crippen molar-refractivity contribution in [1.29, 1.82) is 0 Å². The van der Waals surface area contributed by atoms with Gasteiger partial charge in [0.1, 0.15) is 36.0 Å². The highest BCUT2D eigenvalue weighted by Crippen LogP contribution is 2.52. The number of aromatic amines is 1. The lowest BCUT2D eigenvalue weighted by Crippen LogP contribution is -2.43. The van der Waals surface area contributed by atoms with Crippen molar-refractivity contribution >= 4 is 46.0 Å². The Morgan fingerprint density at radius 1 is 0.983 bits per heavy atom. The summed E-state index contributed by atoms with van der Waals surface area (Å²) in [4.78, 5) is 50.3. The molecule has 13 heteroatoms. The number of anilines is 1. The molecule has 1 saturated carbocycles. The number of fused-ring (bicyclic) bond motifs is 2. The molecule has 2 N–H and O–H groups in total. The number of amides is 1. The summed E-state index contributed by atoms with van der Waals surface area (Å²) in [6.45, 7) is 10.3. The number of rotatable bonds is 13. The second kappa shape index (κ2) is 16.2. The largest absolute Gasteiger partial charge is 0.486 e. The number of hydrogen-bond acceptors (Lipinski definition) is 10. The molecule has 0 spiro atoms. The zero-order valence-electron chi connectivity index (χ0n) is 35.0. The Morgan fingerprint density at radius 3 is 2.53 bits per heavy atom. The molecular weight excluding hydrogens is 757 g/mol. The molecule has 0 bridgehead atoms. The van der Waals surface area contributed by atoms with E-state index >= 15 is 0 Å². The molecular formula is C47H52N8O5. The Labute approximate surface area is 349 Å². The highest BCUT2D eigenvalue weighted by molar-refractivity contribution is 6.04. The lowest BCUT2D eigenvalue weighted by atomic mass is 9.88. The number of aromatic nitrogens is 6. The molecule has 3 aromatic heterocycles. The fraction of sp³-hybridized carbons (Fsp3) is 0.426. The summed E-state index contributed by atoms with van der Waals surface area (Å²) in [6, 6.07) is 11.4. The molecule has 2 aliphatic heterocycles. The van der Waals surface area contributed by atoms with E-state index in [9.17, 15) is 14.4 Å². The van der Waals surface area contributed by atoms with Crippen LogP contribution in [0, 0.1) is 19.8 Å². The van der Waals surface area contributed by atoms with Crippen LogP contribution in [0.2, 0.25) is 0 Å². The van der Waals surface area contributed by atoms with Crippen molar-refractivity contribution in [1.82, 2.24) is 34.8 Å². The van der Waals surface area contributed by atoms with E-state index in [1.807, 2.05) is 45.3 Å². The van der Waals surface area contributed by atoms with Crippen LogP contribution < -0.4 is 10.1 Å². The van der Waals surface area contributed by atoms with Crippen molar-refractivity contribution < 1.29 is 23.9 Å². The Balaban J connectivity index is 1.12. The fourth-order valence-electron chi connectivity index (χ4n) is 9.34. The summed E-state index contributed by atoms with van der Waals surface area (Å²) in [7, 11) is 1.85. The summed E-state index contributed by atoms with van der Waals surface area (Å²) in [5.74, 6) is 1.88. The molecule has 6 aromatic rings. The van der Waals surface area contributed by atoms with Crippen LogP contribution in [0.5, 0.6) is 5.75 Å². The van der Waals surface area contributed by atoms with Gasteiger partial charge < -0.3 is 24.5 Å². The average Bonchev–Trinajstić information content (AvgIpc) is 3.59. The molecule has 2 atom stereocenters. The molecule has 2 saturated heterocycles. The molecule has 13 nitrogen and oxygen atoms in total. The van der Waals surface area contributed by atoms with Crippen molar-refractivity contribution in [3.05, 3.63) is 82.7 Å². The first kappa shape index (κ1) is 39.5. The van der Waals surface area contributed by atoms with Crippen molar-refractivity contribution in [2.45, 2.75) is 96.7 Å². The third kappa shape index (κ3) is 7.12. The van der Waals surface area contributed by atoms with Crippen LogP contribution in [0.15, 0.2) is 48.8 Å². The molecule has 60 heavy (non-hydrogen) atoms. The van der Waals surface area contributed by atoms with Gasteiger partial charge in [0.05, 0.1) is 17.8 Å². The maximum Gasteiger partial charge on any atom is 0.248 e. The van der Waals surface area contributed by atoms with Gasteiger partial charge in [0.15, 0.2) is 12.0 Å². The minimum Gasteiger partial charge on any atom is -0.486 e. The van der Waals surface area contributed by atoms with Gasteiger partial charge in [0.2, 0.25) is 5.91 Å². The van der Waals surface area contributed by atoms with Gasteiger partial charge in [-0.3, -0.25) is 19.4 Å². The van der Waals surface area contributed by atoms with Crippen LogP contribution in [0.25, 0.3) is 44.1 Å².